The number of imide groups is 1. The van der Waals surface area contributed by atoms with Gasteiger partial charge in [-0.05, 0) is 16.3 Å². The standard InChI is InChI=1S/C13H12N2O3/c16-9-15(13(17)18)14-8-11-6-3-5-10-4-1-2-7-12(10)11/h1-7,9,14H,8H2,(H,17,18). The van der Waals surface area contributed by atoms with Crippen molar-refractivity contribution < 1.29 is 14.7 Å². The molecule has 92 valence electrons. The van der Waals surface area contributed by atoms with E-state index in [-0.39, 0.29) is 13.0 Å². The molecule has 2 N–H and O–H groups in total. The van der Waals surface area contributed by atoms with Crippen LogP contribution in [0.1, 0.15) is 5.56 Å². The van der Waals surface area contributed by atoms with Gasteiger partial charge in [0.05, 0.1) is 0 Å². The first-order valence-corrected chi connectivity index (χ1v) is 5.40. The van der Waals surface area contributed by atoms with Gasteiger partial charge in [-0.3, -0.25) is 4.79 Å². The Morgan fingerprint density at radius 1 is 1.22 bits per heavy atom. The van der Waals surface area contributed by atoms with Crippen molar-refractivity contribution in [3.63, 3.8) is 0 Å². The third-order valence-electron chi connectivity index (χ3n) is 2.63. The lowest BCUT2D eigenvalue weighted by atomic mass is 10.1. The molecule has 0 aromatic heterocycles. The number of hydrogen-bond acceptors (Lipinski definition) is 3. The van der Waals surface area contributed by atoms with E-state index in [0.717, 1.165) is 16.3 Å². The molecule has 2 amide bonds. The van der Waals surface area contributed by atoms with Crippen molar-refractivity contribution >= 4 is 23.3 Å². The van der Waals surface area contributed by atoms with Gasteiger partial charge in [-0.1, -0.05) is 42.5 Å². The van der Waals surface area contributed by atoms with Crippen LogP contribution in [0, 0.1) is 0 Å². The van der Waals surface area contributed by atoms with E-state index in [1.165, 1.54) is 0 Å². The number of benzene rings is 2. The van der Waals surface area contributed by atoms with E-state index in [9.17, 15) is 9.59 Å². The molecule has 0 aliphatic heterocycles. The molecular formula is C13H12N2O3. The molecule has 0 fully saturated rings. The average Bonchev–Trinajstić information content (AvgIpc) is 2.39. The third-order valence-corrected chi connectivity index (χ3v) is 2.63. The van der Waals surface area contributed by atoms with E-state index in [0.29, 0.717) is 5.01 Å². The SMILES string of the molecule is O=CN(NCc1cccc2ccccc12)C(=O)O. The summed E-state index contributed by atoms with van der Waals surface area (Å²) >= 11 is 0. The van der Waals surface area contributed by atoms with E-state index in [4.69, 9.17) is 5.11 Å². The van der Waals surface area contributed by atoms with Crippen LogP contribution in [-0.4, -0.2) is 22.6 Å². The third kappa shape index (κ3) is 2.46. The second-order valence-corrected chi connectivity index (χ2v) is 3.73. The van der Waals surface area contributed by atoms with E-state index >= 15 is 0 Å². The fraction of sp³-hybridized carbons (Fsp3) is 0.0769. The van der Waals surface area contributed by atoms with Gasteiger partial charge in [-0.25, -0.2) is 10.2 Å². The second kappa shape index (κ2) is 5.29. The van der Waals surface area contributed by atoms with Crippen LogP contribution in [0.2, 0.25) is 0 Å². The van der Waals surface area contributed by atoms with Gasteiger partial charge >= 0.3 is 6.09 Å². The Kier molecular flexibility index (Phi) is 3.54. The summed E-state index contributed by atoms with van der Waals surface area (Å²) in [6.07, 6.45) is -1.10. The predicted octanol–water partition coefficient (Wildman–Crippen LogP) is 1.98. The number of hydrogen-bond donors (Lipinski definition) is 2. The molecule has 0 aliphatic rings. The van der Waals surface area contributed by atoms with Crippen molar-refractivity contribution in [2.45, 2.75) is 6.54 Å². The molecule has 0 radical (unpaired) electrons. The van der Waals surface area contributed by atoms with E-state index in [1.54, 1.807) is 0 Å². The number of carbonyl (C=O) groups is 2. The molecule has 18 heavy (non-hydrogen) atoms. The summed E-state index contributed by atoms with van der Waals surface area (Å²) in [5.41, 5.74) is 3.47. The molecule has 0 bridgehead atoms. The summed E-state index contributed by atoms with van der Waals surface area (Å²) in [6, 6.07) is 13.6. The van der Waals surface area contributed by atoms with Gasteiger partial charge in [0.1, 0.15) is 0 Å². The van der Waals surface area contributed by atoms with Crippen LogP contribution in [0.5, 0.6) is 0 Å². The minimum Gasteiger partial charge on any atom is -0.464 e. The second-order valence-electron chi connectivity index (χ2n) is 3.73. The van der Waals surface area contributed by atoms with Crippen LogP contribution >= 0.6 is 0 Å². The normalized spacial score (nSPS) is 10.2. The Morgan fingerprint density at radius 3 is 2.67 bits per heavy atom. The van der Waals surface area contributed by atoms with Crippen LogP contribution in [0.3, 0.4) is 0 Å². The average molecular weight is 244 g/mol. The molecule has 2 aromatic rings. The molecule has 5 heteroatoms. The molecule has 2 aromatic carbocycles. The largest absolute Gasteiger partial charge is 0.464 e. The van der Waals surface area contributed by atoms with Gasteiger partial charge in [0.25, 0.3) is 0 Å². The molecule has 5 nitrogen and oxygen atoms in total. The van der Waals surface area contributed by atoms with Crippen molar-refractivity contribution in [1.82, 2.24) is 10.4 Å². The predicted molar refractivity (Wildman–Crippen MR) is 66.7 cm³/mol. The Hall–Kier alpha value is -2.40. The van der Waals surface area contributed by atoms with Crippen LogP contribution in [0.15, 0.2) is 42.5 Å². The molecule has 0 atom stereocenters. The molecule has 0 unspecified atom stereocenters. The molecular weight excluding hydrogens is 232 g/mol. The fourth-order valence-electron chi connectivity index (χ4n) is 1.77. The number of rotatable bonds is 4. The van der Waals surface area contributed by atoms with Crippen molar-refractivity contribution in [1.29, 1.82) is 0 Å². The number of nitrogens with zero attached hydrogens (tertiary/aromatic N) is 1. The number of amides is 2. The zero-order valence-corrected chi connectivity index (χ0v) is 9.54. The molecule has 2 rings (SSSR count). The molecule has 0 saturated heterocycles. The summed E-state index contributed by atoms with van der Waals surface area (Å²) in [5.74, 6) is 0. The number of carboxylic acid groups (broad SMARTS) is 1. The lowest BCUT2D eigenvalue weighted by Gasteiger charge is -2.13. The van der Waals surface area contributed by atoms with Crippen molar-refractivity contribution in [3.05, 3.63) is 48.0 Å². The zero-order valence-electron chi connectivity index (χ0n) is 9.54. The van der Waals surface area contributed by atoms with E-state index in [2.05, 4.69) is 5.43 Å². The summed E-state index contributed by atoms with van der Waals surface area (Å²) < 4.78 is 0. The minimum atomic E-state index is -1.33. The monoisotopic (exact) mass is 244 g/mol. The highest BCUT2D eigenvalue weighted by molar-refractivity contribution is 5.85. The first kappa shape index (κ1) is 12.1. The first-order chi connectivity index (χ1) is 8.72. The van der Waals surface area contributed by atoms with Crippen LogP contribution in [0.25, 0.3) is 10.8 Å². The van der Waals surface area contributed by atoms with Gasteiger partial charge in [0, 0.05) is 6.54 Å². The maximum atomic E-state index is 10.6. The van der Waals surface area contributed by atoms with Gasteiger partial charge < -0.3 is 5.11 Å². The number of fused-ring (bicyclic) bond motifs is 1. The Morgan fingerprint density at radius 2 is 1.94 bits per heavy atom. The lowest BCUT2D eigenvalue weighted by Crippen LogP contribution is -2.40. The number of nitrogens with one attached hydrogen (secondary N) is 1. The number of carbonyl (C=O) groups excluding carboxylic acids is 1. The highest BCUT2D eigenvalue weighted by Gasteiger charge is 2.09. The van der Waals surface area contributed by atoms with Gasteiger partial charge in [0.15, 0.2) is 0 Å². The Balaban J connectivity index is 2.22. The van der Waals surface area contributed by atoms with E-state index in [1.807, 2.05) is 42.5 Å². The van der Waals surface area contributed by atoms with Crippen LogP contribution in [0.4, 0.5) is 4.79 Å². The molecule has 0 spiro atoms. The maximum absolute atomic E-state index is 10.6. The summed E-state index contributed by atoms with van der Waals surface area (Å²) in [5, 5.41) is 11.3. The summed E-state index contributed by atoms with van der Waals surface area (Å²) in [7, 11) is 0. The molecule has 0 saturated carbocycles. The highest BCUT2D eigenvalue weighted by atomic mass is 16.4. The van der Waals surface area contributed by atoms with Crippen molar-refractivity contribution in [3.8, 4) is 0 Å². The summed E-state index contributed by atoms with van der Waals surface area (Å²) in [6.45, 7) is 0.270. The van der Waals surface area contributed by atoms with Gasteiger partial charge in [-0.15, -0.1) is 0 Å². The molecule has 0 aliphatic carbocycles. The minimum absolute atomic E-state index is 0.230. The fourth-order valence-corrected chi connectivity index (χ4v) is 1.77. The quantitative estimate of drug-likeness (QED) is 0.637. The smallest absolute Gasteiger partial charge is 0.428 e. The van der Waals surface area contributed by atoms with Crippen LogP contribution in [-0.2, 0) is 11.3 Å². The Labute approximate surface area is 104 Å². The van der Waals surface area contributed by atoms with Gasteiger partial charge in [0.2, 0.25) is 6.41 Å². The van der Waals surface area contributed by atoms with E-state index < -0.39 is 6.09 Å². The number of hydrazine groups is 1. The lowest BCUT2D eigenvalue weighted by molar-refractivity contribution is -0.118. The van der Waals surface area contributed by atoms with Crippen LogP contribution < -0.4 is 5.43 Å². The molecule has 0 heterocycles. The van der Waals surface area contributed by atoms with Gasteiger partial charge in [-0.2, -0.15) is 5.01 Å². The Bertz CT molecular complexity index is 578. The summed E-state index contributed by atoms with van der Waals surface area (Å²) in [4.78, 5) is 21.2. The zero-order chi connectivity index (χ0) is 13.0. The highest BCUT2D eigenvalue weighted by Crippen LogP contribution is 2.18. The topological polar surface area (TPSA) is 69.6 Å². The van der Waals surface area contributed by atoms with Crippen molar-refractivity contribution in [2.75, 3.05) is 0 Å². The van der Waals surface area contributed by atoms with Crippen molar-refractivity contribution in [2.24, 2.45) is 0 Å². The maximum Gasteiger partial charge on any atom is 0.428 e. The first-order valence-electron chi connectivity index (χ1n) is 5.40.